The van der Waals surface area contributed by atoms with Crippen molar-refractivity contribution in [3.05, 3.63) is 42.5 Å². The van der Waals surface area contributed by atoms with E-state index in [1.165, 1.54) is 15.7 Å². The second kappa shape index (κ2) is 4.99. The third kappa shape index (κ3) is 2.39. The van der Waals surface area contributed by atoms with Crippen molar-refractivity contribution in [2.24, 2.45) is 0 Å². The summed E-state index contributed by atoms with van der Waals surface area (Å²) in [6, 6.07) is 14.6. The number of hydrogen-bond donors (Lipinski definition) is 0. The van der Waals surface area contributed by atoms with Crippen LogP contribution in [0.25, 0.3) is 10.8 Å². The molecule has 0 atom stereocenters. The Morgan fingerprint density at radius 2 is 1.87 bits per heavy atom. The second-order valence-corrected chi connectivity index (χ2v) is 4.42. The lowest BCUT2D eigenvalue weighted by molar-refractivity contribution is -0.107. The van der Waals surface area contributed by atoms with Crippen LogP contribution in [0.3, 0.4) is 0 Å². The van der Waals surface area contributed by atoms with Gasteiger partial charge in [0, 0.05) is 17.1 Å². The van der Waals surface area contributed by atoms with E-state index in [0.717, 1.165) is 12.0 Å². The van der Waals surface area contributed by atoms with E-state index in [1.807, 2.05) is 12.1 Å². The maximum atomic E-state index is 10.2. The zero-order chi connectivity index (χ0) is 10.5. The largest absolute Gasteiger partial charge is 0.303 e. The van der Waals surface area contributed by atoms with Crippen LogP contribution in [-0.4, -0.2) is 12.0 Å². The molecule has 0 unspecified atom stereocenters. The molecule has 0 aliphatic rings. The monoisotopic (exact) mass is 216 g/mol. The Kier molecular flexibility index (Phi) is 3.41. The minimum Gasteiger partial charge on any atom is -0.303 e. The van der Waals surface area contributed by atoms with E-state index in [2.05, 4.69) is 30.3 Å². The van der Waals surface area contributed by atoms with E-state index in [9.17, 15) is 4.79 Å². The van der Waals surface area contributed by atoms with Gasteiger partial charge in [-0.1, -0.05) is 36.4 Å². The SMILES string of the molecule is O=CCCSc1cccc2ccccc12. The predicted octanol–water partition coefficient (Wildman–Crippen LogP) is 3.52. The number of benzene rings is 2. The molecule has 76 valence electrons. The summed E-state index contributed by atoms with van der Waals surface area (Å²) >= 11 is 1.74. The van der Waals surface area contributed by atoms with Crippen molar-refractivity contribution in [2.45, 2.75) is 11.3 Å². The number of hydrogen-bond acceptors (Lipinski definition) is 2. The minimum atomic E-state index is 0.619. The fourth-order valence-electron chi connectivity index (χ4n) is 1.54. The molecule has 0 heterocycles. The number of aldehydes is 1. The van der Waals surface area contributed by atoms with E-state index in [-0.39, 0.29) is 0 Å². The molecule has 2 heteroatoms. The van der Waals surface area contributed by atoms with Crippen molar-refractivity contribution in [2.75, 3.05) is 5.75 Å². The summed E-state index contributed by atoms with van der Waals surface area (Å²) in [6.07, 6.45) is 1.59. The van der Waals surface area contributed by atoms with E-state index in [4.69, 9.17) is 0 Å². The topological polar surface area (TPSA) is 17.1 Å². The van der Waals surface area contributed by atoms with Gasteiger partial charge in [-0.15, -0.1) is 11.8 Å². The van der Waals surface area contributed by atoms with Crippen LogP contribution < -0.4 is 0 Å². The Balaban J connectivity index is 2.30. The van der Waals surface area contributed by atoms with Gasteiger partial charge < -0.3 is 4.79 Å². The van der Waals surface area contributed by atoms with Gasteiger partial charge in [0.1, 0.15) is 6.29 Å². The fraction of sp³-hybridized carbons (Fsp3) is 0.154. The smallest absolute Gasteiger partial charge is 0.120 e. The van der Waals surface area contributed by atoms with Gasteiger partial charge in [-0.2, -0.15) is 0 Å². The van der Waals surface area contributed by atoms with E-state index < -0.39 is 0 Å². The summed E-state index contributed by atoms with van der Waals surface area (Å²) in [4.78, 5) is 11.5. The Labute approximate surface area is 93.5 Å². The van der Waals surface area contributed by atoms with Gasteiger partial charge in [-0.05, 0) is 16.8 Å². The van der Waals surface area contributed by atoms with Crippen LogP contribution in [0, 0.1) is 0 Å². The van der Waals surface area contributed by atoms with Gasteiger partial charge in [-0.25, -0.2) is 0 Å². The molecule has 0 fully saturated rings. The van der Waals surface area contributed by atoms with Crippen molar-refractivity contribution in [3.63, 3.8) is 0 Å². The average molecular weight is 216 g/mol. The zero-order valence-electron chi connectivity index (χ0n) is 8.35. The molecule has 0 aromatic heterocycles. The van der Waals surface area contributed by atoms with Crippen LogP contribution in [0.1, 0.15) is 6.42 Å². The number of carbonyl (C=O) groups is 1. The number of thioether (sulfide) groups is 1. The predicted molar refractivity (Wildman–Crippen MR) is 65.4 cm³/mol. The summed E-state index contributed by atoms with van der Waals surface area (Å²) < 4.78 is 0. The van der Waals surface area contributed by atoms with Crippen molar-refractivity contribution in [1.82, 2.24) is 0 Å². The molecule has 0 bridgehead atoms. The average Bonchev–Trinajstić information content (AvgIpc) is 2.30. The first-order chi connectivity index (χ1) is 7.42. The first-order valence-corrected chi connectivity index (χ1v) is 5.94. The normalized spacial score (nSPS) is 10.4. The fourth-order valence-corrected chi connectivity index (χ4v) is 2.49. The molecule has 0 amide bonds. The highest BCUT2D eigenvalue weighted by Crippen LogP contribution is 2.27. The van der Waals surface area contributed by atoms with Crippen LogP contribution >= 0.6 is 11.8 Å². The molecule has 2 aromatic rings. The molecular formula is C13H12OS. The molecule has 15 heavy (non-hydrogen) atoms. The third-order valence-corrected chi connectivity index (χ3v) is 3.35. The quantitative estimate of drug-likeness (QED) is 0.442. The Bertz CT molecular complexity index is 460. The molecule has 0 saturated heterocycles. The number of fused-ring (bicyclic) bond motifs is 1. The molecule has 0 aliphatic carbocycles. The zero-order valence-corrected chi connectivity index (χ0v) is 9.17. The molecule has 0 aliphatic heterocycles. The maximum absolute atomic E-state index is 10.2. The summed E-state index contributed by atoms with van der Waals surface area (Å²) in [5, 5.41) is 2.53. The highest BCUT2D eigenvalue weighted by molar-refractivity contribution is 7.99. The lowest BCUT2D eigenvalue weighted by atomic mass is 10.1. The van der Waals surface area contributed by atoms with Gasteiger partial charge in [-0.3, -0.25) is 0 Å². The highest BCUT2D eigenvalue weighted by atomic mass is 32.2. The summed E-state index contributed by atoms with van der Waals surface area (Å²) in [5.74, 6) is 0.859. The van der Waals surface area contributed by atoms with Crippen LogP contribution in [0.2, 0.25) is 0 Å². The minimum absolute atomic E-state index is 0.619. The van der Waals surface area contributed by atoms with E-state index in [0.29, 0.717) is 6.42 Å². The third-order valence-electron chi connectivity index (χ3n) is 2.24. The van der Waals surface area contributed by atoms with E-state index >= 15 is 0 Å². The Hall–Kier alpha value is -1.28. The number of carbonyl (C=O) groups excluding carboxylic acids is 1. The summed E-state index contributed by atoms with van der Waals surface area (Å²) in [5.41, 5.74) is 0. The molecule has 0 N–H and O–H groups in total. The van der Waals surface area contributed by atoms with Crippen LogP contribution in [-0.2, 0) is 4.79 Å². The first-order valence-electron chi connectivity index (χ1n) is 4.96. The Morgan fingerprint density at radius 1 is 1.07 bits per heavy atom. The summed E-state index contributed by atoms with van der Waals surface area (Å²) in [6.45, 7) is 0. The Morgan fingerprint density at radius 3 is 2.73 bits per heavy atom. The lowest BCUT2D eigenvalue weighted by Crippen LogP contribution is -1.82. The molecule has 0 spiro atoms. The molecule has 2 rings (SSSR count). The van der Waals surface area contributed by atoms with Gasteiger partial charge >= 0.3 is 0 Å². The molecular weight excluding hydrogens is 204 g/mol. The second-order valence-electron chi connectivity index (χ2n) is 3.28. The lowest BCUT2D eigenvalue weighted by Gasteiger charge is -2.04. The molecule has 1 nitrogen and oxygen atoms in total. The number of rotatable bonds is 4. The van der Waals surface area contributed by atoms with Gasteiger partial charge in [0.25, 0.3) is 0 Å². The molecule has 0 radical (unpaired) electrons. The van der Waals surface area contributed by atoms with Crippen LogP contribution in [0.15, 0.2) is 47.4 Å². The van der Waals surface area contributed by atoms with E-state index in [1.54, 1.807) is 11.8 Å². The molecule has 0 saturated carbocycles. The van der Waals surface area contributed by atoms with Crippen molar-refractivity contribution in [3.8, 4) is 0 Å². The van der Waals surface area contributed by atoms with Crippen LogP contribution in [0.5, 0.6) is 0 Å². The van der Waals surface area contributed by atoms with Gasteiger partial charge in [0.05, 0.1) is 0 Å². The van der Waals surface area contributed by atoms with Crippen molar-refractivity contribution in [1.29, 1.82) is 0 Å². The van der Waals surface area contributed by atoms with Gasteiger partial charge in [0.15, 0.2) is 0 Å². The highest BCUT2D eigenvalue weighted by Gasteiger charge is 1.99. The maximum Gasteiger partial charge on any atom is 0.120 e. The van der Waals surface area contributed by atoms with Crippen LogP contribution in [0.4, 0.5) is 0 Å². The first kappa shape index (κ1) is 10.2. The van der Waals surface area contributed by atoms with Gasteiger partial charge in [0.2, 0.25) is 0 Å². The van der Waals surface area contributed by atoms with Crippen molar-refractivity contribution < 1.29 is 4.79 Å². The van der Waals surface area contributed by atoms with Crippen molar-refractivity contribution >= 4 is 28.8 Å². The standard InChI is InChI=1S/C13H12OS/c14-9-4-10-15-13-8-3-6-11-5-1-2-7-12(11)13/h1-3,5-9H,4,10H2. The molecule has 2 aromatic carbocycles. The summed E-state index contributed by atoms with van der Waals surface area (Å²) in [7, 11) is 0.